The number of hydrogen-bond acceptors (Lipinski definition) is 8. The monoisotopic (exact) mass is 556 g/mol. The highest BCUT2D eigenvalue weighted by Gasteiger charge is 2.23. The van der Waals surface area contributed by atoms with Crippen molar-refractivity contribution in [3.8, 4) is 16.9 Å². The number of nitrogens with zero attached hydrogens (tertiary/aromatic N) is 3. The summed E-state index contributed by atoms with van der Waals surface area (Å²) in [6.45, 7) is 4.30. The number of anilines is 1. The van der Waals surface area contributed by atoms with E-state index in [-0.39, 0.29) is 18.3 Å². The summed E-state index contributed by atoms with van der Waals surface area (Å²) in [7, 11) is 3.14. The van der Waals surface area contributed by atoms with Gasteiger partial charge in [0.1, 0.15) is 22.9 Å². The lowest BCUT2D eigenvalue weighted by atomic mass is 10.0. The van der Waals surface area contributed by atoms with Crippen molar-refractivity contribution >= 4 is 51.6 Å². The van der Waals surface area contributed by atoms with Gasteiger partial charge in [0, 0.05) is 23.0 Å². The van der Waals surface area contributed by atoms with E-state index in [1.54, 1.807) is 16.7 Å². The van der Waals surface area contributed by atoms with Gasteiger partial charge in [0.25, 0.3) is 0 Å². The Hall–Kier alpha value is -3.34. The second-order valence-corrected chi connectivity index (χ2v) is 10.4. The maximum absolute atomic E-state index is 12.8. The number of ether oxygens (including phenoxy) is 2. The van der Waals surface area contributed by atoms with Gasteiger partial charge in [0.15, 0.2) is 11.0 Å². The van der Waals surface area contributed by atoms with Crippen molar-refractivity contribution in [2.24, 2.45) is 7.05 Å². The van der Waals surface area contributed by atoms with Crippen LogP contribution in [0.2, 0.25) is 5.02 Å². The highest BCUT2D eigenvalue weighted by Crippen LogP contribution is 2.36. The lowest BCUT2D eigenvalue weighted by Gasteiger charge is -2.10. The van der Waals surface area contributed by atoms with E-state index in [0.717, 1.165) is 22.4 Å². The number of rotatable bonds is 9. The predicted molar refractivity (Wildman–Crippen MR) is 147 cm³/mol. The number of carbonyl (C=O) groups excluding carboxylic acids is 2. The molecule has 0 unspecified atom stereocenters. The van der Waals surface area contributed by atoms with Gasteiger partial charge in [0.05, 0.1) is 12.9 Å². The van der Waals surface area contributed by atoms with Crippen LogP contribution in [-0.4, -0.2) is 39.5 Å². The van der Waals surface area contributed by atoms with Gasteiger partial charge in [-0.2, -0.15) is 0 Å². The molecule has 0 bridgehead atoms. The van der Waals surface area contributed by atoms with Crippen molar-refractivity contribution in [2.45, 2.75) is 25.6 Å². The van der Waals surface area contributed by atoms with Crippen LogP contribution in [0.25, 0.3) is 11.1 Å². The quantitative estimate of drug-likeness (QED) is 0.202. The summed E-state index contributed by atoms with van der Waals surface area (Å²) in [5, 5.41) is 14.6. The molecule has 0 spiro atoms. The number of amides is 1. The van der Waals surface area contributed by atoms with Crippen LogP contribution in [0.3, 0.4) is 0 Å². The molecule has 192 valence electrons. The number of thiophene rings is 1. The summed E-state index contributed by atoms with van der Waals surface area (Å²) in [4.78, 5) is 25.3. The number of aromatic nitrogens is 3. The van der Waals surface area contributed by atoms with Gasteiger partial charge in [0.2, 0.25) is 5.91 Å². The molecule has 1 amide bonds. The van der Waals surface area contributed by atoms with Gasteiger partial charge in [-0.3, -0.25) is 4.79 Å². The summed E-state index contributed by atoms with van der Waals surface area (Å²) in [5.74, 6) is 0.708. The Kier molecular flexibility index (Phi) is 8.52. The van der Waals surface area contributed by atoms with E-state index in [1.165, 1.54) is 30.2 Å². The standard InChI is InChI=1S/C26H25ClN4O4S2/c1-15-6-5-7-20(16(15)2)35-12-21-29-30-26(31(21)3)37-14-22(32)28-24-23(25(33)34-4)19(13-36-24)17-8-10-18(27)11-9-17/h5-11,13H,12,14H2,1-4H3,(H,28,32). The van der Waals surface area contributed by atoms with E-state index in [4.69, 9.17) is 21.1 Å². The molecule has 11 heteroatoms. The van der Waals surface area contributed by atoms with Crippen LogP contribution in [0.5, 0.6) is 5.75 Å². The third kappa shape index (κ3) is 6.15. The number of hydrogen-bond donors (Lipinski definition) is 1. The van der Waals surface area contributed by atoms with Crippen molar-refractivity contribution in [1.29, 1.82) is 0 Å². The van der Waals surface area contributed by atoms with Crippen LogP contribution in [-0.2, 0) is 23.2 Å². The first-order valence-corrected chi connectivity index (χ1v) is 13.5. The van der Waals surface area contributed by atoms with E-state index < -0.39 is 5.97 Å². The minimum absolute atomic E-state index is 0.0820. The summed E-state index contributed by atoms with van der Waals surface area (Å²) in [5.41, 5.74) is 4.00. The normalized spacial score (nSPS) is 10.8. The van der Waals surface area contributed by atoms with Crippen LogP contribution >= 0.6 is 34.7 Å². The molecule has 4 rings (SSSR count). The van der Waals surface area contributed by atoms with E-state index in [1.807, 2.05) is 56.6 Å². The number of aryl methyl sites for hydroxylation is 1. The third-order valence-electron chi connectivity index (χ3n) is 5.76. The average molecular weight is 557 g/mol. The fourth-order valence-electron chi connectivity index (χ4n) is 3.51. The van der Waals surface area contributed by atoms with Gasteiger partial charge in [-0.1, -0.05) is 47.6 Å². The maximum Gasteiger partial charge on any atom is 0.341 e. The Morgan fingerprint density at radius 2 is 1.89 bits per heavy atom. The number of thioether (sulfide) groups is 1. The second-order valence-electron chi connectivity index (χ2n) is 8.13. The molecule has 1 N–H and O–H groups in total. The Labute approximate surface area is 228 Å². The maximum atomic E-state index is 12.8. The van der Waals surface area contributed by atoms with Crippen LogP contribution in [0.1, 0.15) is 27.3 Å². The molecule has 2 heterocycles. The molecule has 37 heavy (non-hydrogen) atoms. The van der Waals surface area contributed by atoms with Crippen molar-refractivity contribution in [3.05, 3.63) is 75.4 Å². The molecule has 2 aromatic carbocycles. The van der Waals surface area contributed by atoms with Gasteiger partial charge in [-0.25, -0.2) is 4.79 Å². The minimum atomic E-state index is -0.532. The Bertz CT molecular complexity index is 1430. The van der Waals surface area contributed by atoms with Gasteiger partial charge in [-0.05, 0) is 48.7 Å². The highest BCUT2D eigenvalue weighted by atomic mass is 35.5. The largest absolute Gasteiger partial charge is 0.485 e. The van der Waals surface area contributed by atoms with Crippen LogP contribution in [0, 0.1) is 13.8 Å². The first-order chi connectivity index (χ1) is 17.8. The molecule has 2 aromatic heterocycles. The van der Waals surface area contributed by atoms with Crippen LogP contribution in [0.4, 0.5) is 5.00 Å². The molecule has 0 aliphatic rings. The number of benzene rings is 2. The summed E-state index contributed by atoms with van der Waals surface area (Å²) in [6, 6.07) is 13.0. The van der Waals surface area contributed by atoms with Gasteiger partial charge in [-0.15, -0.1) is 21.5 Å². The van der Waals surface area contributed by atoms with Gasteiger partial charge >= 0.3 is 5.97 Å². The fourth-order valence-corrected chi connectivity index (χ4v) is 5.34. The number of halogens is 1. The molecule has 0 atom stereocenters. The van der Waals surface area contributed by atoms with Crippen LogP contribution in [0.15, 0.2) is 53.0 Å². The highest BCUT2D eigenvalue weighted by molar-refractivity contribution is 7.99. The number of esters is 1. The van der Waals surface area contributed by atoms with E-state index in [2.05, 4.69) is 15.5 Å². The number of carbonyl (C=O) groups is 2. The zero-order chi connectivity index (χ0) is 26.5. The topological polar surface area (TPSA) is 95.3 Å². The van der Waals surface area contributed by atoms with E-state index in [9.17, 15) is 9.59 Å². The molecule has 4 aromatic rings. The molecule has 0 saturated carbocycles. The summed E-state index contributed by atoms with van der Waals surface area (Å²) in [6.07, 6.45) is 0. The van der Waals surface area contributed by atoms with Crippen LogP contribution < -0.4 is 10.1 Å². The SMILES string of the molecule is COC(=O)c1c(-c2ccc(Cl)cc2)csc1NC(=O)CSc1nnc(COc2cccc(C)c2C)n1C. The summed E-state index contributed by atoms with van der Waals surface area (Å²) < 4.78 is 12.7. The zero-order valence-corrected chi connectivity index (χ0v) is 23.1. The zero-order valence-electron chi connectivity index (χ0n) is 20.7. The molecular formula is C26H25ClN4O4S2. The van der Waals surface area contributed by atoms with E-state index in [0.29, 0.717) is 32.1 Å². The molecular weight excluding hydrogens is 532 g/mol. The van der Waals surface area contributed by atoms with Crippen molar-refractivity contribution in [2.75, 3.05) is 18.2 Å². The number of nitrogens with one attached hydrogen (secondary N) is 1. The lowest BCUT2D eigenvalue weighted by Crippen LogP contribution is -2.16. The second kappa shape index (κ2) is 11.8. The number of methoxy groups -OCH3 is 1. The Morgan fingerprint density at radius 3 is 2.62 bits per heavy atom. The smallest absolute Gasteiger partial charge is 0.341 e. The minimum Gasteiger partial charge on any atom is -0.485 e. The van der Waals surface area contributed by atoms with Crippen molar-refractivity contribution in [1.82, 2.24) is 14.8 Å². The van der Waals surface area contributed by atoms with Crippen molar-refractivity contribution < 1.29 is 19.1 Å². The lowest BCUT2D eigenvalue weighted by molar-refractivity contribution is -0.113. The first-order valence-electron chi connectivity index (χ1n) is 11.2. The molecule has 0 saturated heterocycles. The third-order valence-corrected chi connectivity index (χ3v) is 7.93. The summed E-state index contributed by atoms with van der Waals surface area (Å²) >= 11 is 8.49. The van der Waals surface area contributed by atoms with Crippen molar-refractivity contribution in [3.63, 3.8) is 0 Å². The molecule has 0 aliphatic heterocycles. The average Bonchev–Trinajstić information content (AvgIpc) is 3.46. The fraction of sp³-hybridized carbons (Fsp3) is 0.231. The van der Waals surface area contributed by atoms with Gasteiger partial charge < -0.3 is 19.4 Å². The van der Waals surface area contributed by atoms with E-state index >= 15 is 0 Å². The molecule has 8 nitrogen and oxygen atoms in total. The Balaban J connectivity index is 1.40. The molecule has 0 aliphatic carbocycles. The molecule has 0 fully saturated rings. The molecule has 0 radical (unpaired) electrons. The Morgan fingerprint density at radius 1 is 1.14 bits per heavy atom. The first kappa shape index (κ1) is 26.7. The predicted octanol–water partition coefficient (Wildman–Crippen LogP) is 5.91.